The van der Waals surface area contributed by atoms with Crippen molar-refractivity contribution in [1.29, 1.82) is 0 Å². The number of carbonyl (C=O) groups is 1. The molecule has 0 spiro atoms. The molecule has 4 aromatic carbocycles. The lowest BCUT2D eigenvalue weighted by molar-refractivity contribution is 0.0943. The van der Waals surface area contributed by atoms with Crippen molar-refractivity contribution in [2.45, 2.75) is 6.04 Å². The van der Waals surface area contributed by atoms with Gasteiger partial charge in [-0.3, -0.25) is 9.52 Å². The fourth-order valence-electron chi connectivity index (χ4n) is 3.71. The zero-order valence-corrected chi connectivity index (χ0v) is 18.1. The van der Waals surface area contributed by atoms with Crippen LogP contribution < -0.4 is 10.0 Å². The highest BCUT2D eigenvalue weighted by Crippen LogP contribution is 2.36. The van der Waals surface area contributed by atoms with Crippen LogP contribution in [0.3, 0.4) is 0 Å². The van der Waals surface area contributed by atoms with Crippen LogP contribution in [0.5, 0.6) is 5.75 Å². The first-order chi connectivity index (χ1) is 15.3. The van der Waals surface area contributed by atoms with Crippen molar-refractivity contribution in [2.75, 3.05) is 11.0 Å². The van der Waals surface area contributed by atoms with Crippen LogP contribution in [0, 0.1) is 0 Å². The van der Waals surface area contributed by atoms with Gasteiger partial charge in [0.15, 0.2) is 0 Å². The van der Waals surface area contributed by atoms with Gasteiger partial charge >= 0.3 is 0 Å². The molecule has 0 saturated carbocycles. The van der Waals surface area contributed by atoms with E-state index in [4.69, 9.17) is 0 Å². The van der Waals surface area contributed by atoms with Crippen LogP contribution in [0.15, 0.2) is 91.0 Å². The van der Waals surface area contributed by atoms with Gasteiger partial charge in [-0.05, 0) is 40.6 Å². The lowest BCUT2D eigenvalue weighted by atomic mass is 9.92. The van der Waals surface area contributed by atoms with Crippen molar-refractivity contribution in [1.82, 2.24) is 5.32 Å². The van der Waals surface area contributed by atoms with Gasteiger partial charge in [-0.25, -0.2) is 8.42 Å². The Morgan fingerprint density at radius 3 is 2.34 bits per heavy atom. The normalized spacial score (nSPS) is 12.3. The smallest absolute Gasteiger partial charge is 0.252 e. The average Bonchev–Trinajstić information content (AvgIpc) is 2.77. The quantitative estimate of drug-likeness (QED) is 0.408. The SMILES string of the molecule is CS(=O)(=O)Nc1cccc(C(=O)NC(c2ccccc2)c2c(O)ccc3ccccc23)c1. The Morgan fingerprint density at radius 1 is 0.875 bits per heavy atom. The molecule has 4 rings (SSSR count). The Labute approximate surface area is 186 Å². The standard InChI is InChI=1S/C25H22N2O4S/c1-32(30,31)27-20-12-7-11-19(16-20)25(29)26-24(18-9-3-2-4-10-18)23-21-13-6-5-8-17(21)14-15-22(23)28/h2-16,24,27-28H,1H3,(H,26,29). The van der Waals surface area contributed by atoms with Crippen molar-refractivity contribution in [3.05, 3.63) is 108 Å². The second-order valence-corrected chi connectivity index (χ2v) is 9.24. The van der Waals surface area contributed by atoms with Crippen molar-refractivity contribution in [3.63, 3.8) is 0 Å². The maximum atomic E-state index is 13.2. The lowest BCUT2D eigenvalue weighted by Crippen LogP contribution is -2.29. The average molecular weight is 447 g/mol. The van der Waals surface area contributed by atoms with Gasteiger partial charge in [0.25, 0.3) is 5.91 Å². The monoisotopic (exact) mass is 446 g/mol. The molecule has 4 aromatic rings. The number of phenols is 1. The van der Waals surface area contributed by atoms with Crippen LogP contribution in [0.25, 0.3) is 10.8 Å². The topological polar surface area (TPSA) is 95.5 Å². The van der Waals surface area contributed by atoms with Gasteiger partial charge in [-0.1, -0.05) is 66.7 Å². The number of hydrogen-bond donors (Lipinski definition) is 3. The van der Waals surface area contributed by atoms with Crippen LogP contribution in [0.1, 0.15) is 27.5 Å². The molecule has 0 aliphatic heterocycles. The summed E-state index contributed by atoms with van der Waals surface area (Å²) in [6.07, 6.45) is 1.05. The van der Waals surface area contributed by atoms with E-state index >= 15 is 0 Å². The van der Waals surface area contributed by atoms with E-state index in [1.54, 1.807) is 24.3 Å². The van der Waals surface area contributed by atoms with Gasteiger partial charge in [0, 0.05) is 16.8 Å². The summed E-state index contributed by atoms with van der Waals surface area (Å²) in [5, 5.41) is 15.5. The minimum Gasteiger partial charge on any atom is -0.508 e. The van der Waals surface area contributed by atoms with Crippen LogP contribution in [0.2, 0.25) is 0 Å². The third kappa shape index (κ3) is 4.73. The molecule has 1 atom stereocenters. The molecule has 0 radical (unpaired) electrons. The van der Waals surface area contributed by atoms with E-state index in [9.17, 15) is 18.3 Å². The van der Waals surface area contributed by atoms with Crippen molar-refractivity contribution in [2.24, 2.45) is 0 Å². The van der Waals surface area contributed by atoms with E-state index in [0.29, 0.717) is 16.8 Å². The molecule has 3 N–H and O–H groups in total. The third-order valence-electron chi connectivity index (χ3n) is 5.07. The number of anilines is 1. The van der Waals surface area contributed by atoms with Gasteiger partial charge in [-0.15, -0.1) is 0 Å². The molecule has 0 bridgehead atoms. The van der Waals surface area contributed by atoms with Gasteiger partial charge in [-0.2, -0.15) is 0 Å². The molecule has 162 valence electrons. The predicted molar refractivity (Wildman–Crippen MR) is 126 cm³/mol. The van der Waals surface area contributed by atoms with Crippen LogP contribution >= 0.6 is 0 Å². The number of carbonyl (C=O) groups excluding carboxylic acids is 1. The third-order valence-corrected chi connectivity index (χ3v) is 5.68. The van der Waals surface area contributed by atoms with Gasteiger partial charge < -0.3 is 10.4 Å². The molecule has 0 saturated heterocycles. The summed E-state index contributed by atoms with van der Waals surface area (Å²) in [4.78, 5) is 13.2. The summed E-state index contributed by atoms with van der Waals surface area (Å²) in [6, 6.07) is 26.1. The van der Waals surface area contributed by atoms with Crippen molar-refractivity contribution >= 4 is 32.4 Å². The number of hydrogen-bond acceptors (Lipinski definition) is 4. The van der Waals surface area contributed by atoms with Crippen molar-refractivity contribution < 1.29 is 18.3 Å². The first-order valence-corrected chi connectivity index (χ1v) is 11.9. The molecule has 1 amide bonds. The van der Waals surface area contributed by atoms with Crippen LogP contribution in [-0.4, -0.2) is 25.7 Å². The van der Waals surface area contributed by atoms with E-state index in [2.05, 4.69) is 10.0 Å². The highest BCUT2D eigenvalue weighted by atomic mass is 32.2. The Balaban J connectivity index is 1.77. The number of nitrogens with one attached hydrogen (secondary N) is 2. The highest BCUT2D eigenvalue weighted by Gasteiger charge is 2.23. The summed E-state index contributed by atoms with van der Waals surface area (Å²) >= 11 is 0. The number of aromatic hydroxyl groups is 1. The fourth-order valence-corrected chi connectivity index (χ4v) is 4.26. The minimum atomic E-state index is -3.47. The number of rotatable bonds is 6. The molecular formula is C25H22N2O4S. The predicted octanol–water partition coefficient (Wildman–Crippen LogP) is 4.44. The molecule has 6 nitrogen and oxygen atoms in total. The molecule has 7 heteroatoms. The molecule has 0 aliphatic carbocycles. The number of sulfonamides is 1. The Kier molecular flexibility index (Phi) is 5.83. The first-order valence-electron chi connectivity index (χ1n) is 9.96. The second-order valence-electron chi connectivity index (χ2n) is 7.49. The summed E-state index contributed by atoms with van der Waals surface area (Å²) in [6.45, 7) is 0. The molecule has 0 aliphatic rings. The van der Waals surface area contributed by atoms with Crippen LogP contribution in [-0.2, 0) is 10.0 Å². The molecule has 1 unspecified atom stereocenters. The molecular weight excluding hydrogens is 424 g/mol. The van der Waals surface area contributed by atoms with E-state index in [1.807, 2.05) is 60.7 Å². The lowest BCUT2D eigenvalue weighted by Gasteiger charge is -2.23. The molecule has 0 fully saturated rings. The largest absolute Gasteiger partial charge is 0.508 e. The Morgan fingerprint density at radius 2 is 1.59 bits per heavy atom. The zero-order valence-electron chi connectivity index (χ0n) is 17.3. The maximum absolute atomic E-state index is 13.2. The first kappa shape index (κ1) is 21.4. The van der Waals surface area contributed by atoms with Gasteiger partial charge in [0.2, 0.25) is 10.0 Å². The number of amides is 1. The number of phenolic OH excluding ortho intramolecular Hbond substituents is 1. The fraction of sp³-hybridized carbons (Fsp3) is 0.0800. The Bertz CT molecular complexity index is 1390. The van der Waals surface area contributed by atoms with E-state index in [1.165, 1.54) is 6.07 Å². The Hall–Kier alpha value is -3.84. The molecule has 32 heavy (non-hydrogen) atoms. The van der Waals surface area contributed by atoms with E-state index in [-0.39, 0.29) is 5.75 Å². The zero-order chi connectivity index (χ0) is 22.7. The second kappa shape index (κ2) is 8.72. The summed E-state index contributed by atoms with van der Waals surface area (Å²) in [5.41, 5.74) is 1.98. The number of benzene rings is 4. The van der Waals surface area contributed by atoms with Crippen LogP contribution in [0.4, 0.5) is 5.69 Å². The van der Waals surface area contributed by atoms with Gasteiger partial charge in [0.05, 0.1) is 12.3 Å². The summed E-state index contributed by atoms with van der Waals surface area (Å²) < 4.78 is 25.5. The highest BCUT2D eigenvalue weighted by molar-refractivity contribution is 7.92. The maximum Gasteiger partial charge on any atom is 0.252 e. The number of fused-ring (bicyclic) bond motifs is 1. The van der Waals surface area contributed by atoms with Gasteiger partial charge in [0.1, 0.15) is 5.75 Å². The van der Waals surface area contributed by atoms with Crippen molar-refractivity contribution in [3.8, 4) is 5.75 Å². The van der Waals surface area contributed by atoms with E-state index < -0.39 is 22.0 Å². The molecule has 0 heterocycles. The van der Waals surface area contributed by atoms with E-state index in [0.717, 1.165) is 22.6 Å². The minimum absolute atomic E-state index is 0.0744. The summed E-state index contributed by atoms with van der Waals surface area (Å²) in [7, 11) is -3.47. The molecule has 0 aromatic heterocycles. The summed E-state index contributed by atoms with van der Waals surface area (Å²) in [5.74, 6) is -0.325.